The quantitative estimate of drug-likeness (QED) is 0.526. The monoisotopic (exact) mass is 352 g/mol. The van der Waals surface area contributed by atoms with Crippen molar-refractivity contribution in [2.75, 3.05) is 0 Å². The average molecular weight is 352 g/mol. The molecule has 2 atom stereocenters. The van der Waals surface area contributed by atoms with Crippen LogP contribution >= 0.6 is 0 Å². The molecule has 1 amide bonds. The zero-order valence-corrected chi connectivity index (χ0v) is 16.0. The summed E-state index contributed by atoms with van der Waals surface area (Å²) in [6, 6.07) is 13.5. The summed E-state index contributed by atoms with van der Waals surface area (Å²) < 4.78 is 0. The third-order valence-corrected chi connectivity index (χ3v) is 4.14. The summed E-state index contributed by atoms with van der Waals surface area (Å²) in [5, 5.41) is 24.3. The second-order valence-corrected chi connectivity index (χ2v) is 7.26. The van der Waals surface area contributed by atoms with E-state index in [0.29, 0.717) is 6.54 Å². The lowest BCUT2D eigenvalue weighted by molar-refractivity contribution is -0.117. The number of amides is 1. The van der Waals surface area contributed by atoms with Crippen molar-refractivity contribution in [3.8, 4) is 12.1 Å². The molecule has 0 heterocycles. The van der Waals surface area contributed by atoms with Crippen molar-refractivity contribution in [1.82, 2.24) is 10.6 Å². The van der Waals surface area contributed by atoms with Gasteiger partial charge in [0.2, 0.25) is 0 Å². The standard InChI is InChI=1S/C21H28N4O/c1-16(10-11-21(3,4)25-17(2)13-22)12-19(14-23)20(26)24-15-18-8-6-5-7-9-18/h5-9,12,16-17,25H,10-11,15H2,1-4H3,(H,24,26)/b19-12-. The van der Waals surface area contributed by atoms with E-state index in [1.807, 2.05) is 50.2 Å². The Morgan fingerprint density at radius 1 is 1.23 bits per heavy atom. The van der Waals surface area contributed by atoms with Gasteiger partial charge in [0.1, 0.15) is 11.6 Å². The van der Waals surface area contributed by atoms with Crippen molar-refractivity contribution in [2.45, 2.75) is 58.7 Å². The topological polar surface area (TPSA) is 88.7 Å². The van der Waals surface area contributed by atoms with Gasteiger partial charge in [0.05, 0.1) is 12.1 Å². The van der Waals surface area contributed by atoms with Gasteiger partial charge in [0.25, 0.3) is 5.91 Å². The number of allylic oxidation sites excluding steroid dienone is 1. The SMILES string of the molecule is CC(/C=C(/C#N)C(=O)NCc1ccccc1)CCC(C)(C)NC(C)C#N. The van der Waals surface area contributed by atoms with E-state index in [1.165, 1.54) is 0 Å². The fraction of sp³-hybridized carbons (Fsp3) is 0.476. The van der Waals surface area contributed by atoms with Gasteiger partial charge in [-0.05, 0) is 45.1 Å². The van der Waals surface area contributed by atoms with Crippen LogP contribution in [0.5, 0.6) is 0 Å². The molecule has 0 spiro atoms. The van der Waals surface area contributed by atoms with E-state index in [9.17, 15) is 10.1 Å². The van der Waals surface area contributed by atoms with E-state index in [1.54, 1.807) is 6.08 Å². The summed E-state index contributed by atoms with van der Waals surface area (Å²) in [6.45, 7) is 8.32. The van der Waals surface area contributed by atoms with Gasteiger partial charge < -0.3 is 5.32 Å². The lowest BCUT2D eigenvalue weighted by Gasteiger charge is -2.28. The molecule has 0 radical (unpaired) electrons. The minimum Gasteiger partial charge on any atom is -0.347 e. The average Bonchev–Trinajstić information content (AvgIpc) is 2.63. The number of carbonyl (C=O) groups is 1. The predicted molar refractivity (Wildman–Crippen MR) is 103 cm³/mol. The normalized spacial score (nSPS) is 14.0. The predicted octanol–water partition coefficient (Wildman–Crippen LogP) is 3.45. The van der Waals surface area contributed by atoms with Crippen LogP contribution in [0.15, 0.2) is 42.0 Å². The highest BCUT2D eigenvalue weighted by Gasteiger charge is 2.20. The van der Waals surface area contributed by atoms with Gasteiger partial charge in [-0.15, -0.1) is 0 Å². The van der Waals surface area contributed by atoms with Crippen molar-refractivity contribution in [3.05, 3.63) is 47.5 Å². The van der Waals surface area contributed by atoms with Crippen LogP contribution in [-0.2, 0) is 11.3 Å². The zero-order chi connectivity index (χ0) is 19.6. The molecule has 5 nitrogen and oxygen atoms in total. The molecule has 1 rings (SSSR count). The third kappa shape index (κ3) is 7.96. The number of hydrogen-bond acceptors (Lipinski definition) is 4. The van der Waals surface area contributed by atoms with Gasteiger partial charge in [-0.25, -0.2) is 0 Å². The molecule has 0 aliphatic carbocycles. The molecular formula is C21H28N4O. The van der Waals surface area contributed by atoms with Gasteiger partial charge in [-0.2, -0.15) is 10.5 Å². The highest BCUT2D eigenvalue weighted by atomic mass is 16.1. The number of nitrogens with one attached hydrogen (secondary N) is 2. The Bertz CT molecular complexity index is 695. The fourth-order valence-electron chi connectivity index (χ4n) is 2.68. The second kappa shape index (κ2) is 10.4. The Balaban J connectivity index is 2.57. The lowest BCUT2D eigenvalue weighted by Crippen LogP contribution is -2.44. The number of benzene rings is 1. The largest absolute Gasteiger partial charge is 0.347 e. The first kappa shape index (κ1) is 21.4. The number of carbonyl (C=O) groups excluding carboxylic acids is 1. The molecule has 1 aromatic carbocycles. The van der Waals surface area contributed by atoms with Gasteiger partial charge in [-0.1, -0.05) is 43.3 Å². The van der Waals surface area contributed by atoms with E-state index in [2.05, 4.69) is 30.6 Å². The van der Waals surface area contributed by atoms with E-state index in [0.717, 1.165) is 18.4 Å². The maximum absolute atomic E-state index is 12.2. The first-order chi connectivity index (χ1) is 12.3. The fourth-order valence-corrected chi connectivity index (χ4v) is 2.68. The van der Waals surface area contributed by atoms with E-state index in [-0.39, 0.29) is 29.0 Å². The summed E-state index contributed by atoms with van der Waals surface area (Å²) >= 11 is 0. The van der Waals surface area contributed by atoms with Crippen LogP contribution < -0.4 is 10.6 Å². The van der Waals surface area contributed by atoms with Gasteiger partial charge >= 0.3 is 0 Å². The van der Waals surface area contributed by atoms with Crippen LogP contribution in [0.1, 0.15) is 46.1 Å². The van der Waals surface area contributed by atoms with Crippen LogP contribution in [0.3, 0.4) is 0 Å². The Kier molecular flexibility index (Phi) is 8.55. The minimum absolute atomic E-state index is 0.0885. The third-order valence-electron chi connectivity index (χ3n) is 4.14. The van der Waals surface area contributed by atoms with Crippen LogP contribution in [0.4, 0.5) is 0 Å². The van der Waals surface area contributed by atoms with Crippen LogP contribution in [0.2, 0.25) is 0 Å². The molecule has 0 saturated heterocycles. The van der Waals surface area contributed by atoms with Gasteiger partial charge in [0.15, 0.2) is 0 Å². The van der Waals surface area contributed by atoms with Crippen LogP contribution in [-0.4, -0.2) is 17.5 Å². The number of nitrogens with zero attached hydrogens (tertiary/aromatic N) is 2. The molecule has 0 aromatic heterocycles. The zero-order valence-electron chi connectivity index (χ0n) is 16.0. The molecule has 2 N–H and O–H groups in total. The summed E-state index contributed by atoms with van der Waals surface area (Å²) in [4.78, 5) is 12.2. The van der Waals surface area contributed by atoms with Crippen molar-refractivity contribution in [1.29, 1.82) is 10.5 Å². The first-order valence-electron chi connectivity index (χ1n) is 8.88. The van der Waals surface area contributed by atoms with Crippen molar-refractivity contribution >= 4 is 5.91 Å². The molecule has 0 aliphatic heterocycles. The Labute approximate surface area is 156 Å². The van der Waals surface area contributed by atoms with E-state index < -0.39 is 0 Å². The smallest absolute Gasteiger partial charge is 0.261 e. The number of rotatable bonds is 9. The molecule has 5 heteroatoms. The summed E-state index contributed by atoms with van der Waals surface area (Å²) in [6.07, 6.45) is 3.38. The Morgan fingerprint density at radius 3 is 2.46 bits per heavy atom. The minimum atomic E-state index is -0.348. The number of hydrogen-bond donors (Lipinski definition) is 2. The first-order valence-corrected chi connectivity index (χ1v) is 8.88. The maximum atomic E-state index is 12.2. The highest BCUT2D eigenvalue weighted by Crippen LogP contribution is 2.18. The van der Waals surface area contributed by atoms with Crippen LogP contribution in [0.25, 0.3) is 0 Å². The number of nitriles is 2. The molecule has 0 aliphatic rings. The van der Waals surface area contributed by atoms with Gasteiger partial charge in [-0.3, -0.25) is 10.1 Å². The molecule has 0 saturated carbocycles. The second-order valence-electron chi connectivity index (χ2n) is 7.26. The molecular weight excluding hydrogens is 324 g/mol. The molecule has 138 valence electrons. The maximum Gasteiger partial charge on any atom is 0.261 e. The summed E-state index contributed by atoms with van der Waals surface area (Å²) in [5.74, 6) is -0.260. The molecule has 26 heavy (non-hydrogen) atoms. The van der Waals surface area contributed by atoms with Gasteiger partial charge in [0, 0.05) is 12.1 Å². The summed E-state index contributed by atoms with van der Waals surface area (Å²) in [5.41, 5.74) is 0.954. The lowest BCUT2D eigenvalue weighted by atomic mass is 9.91. The molecule has 0 fully saturated rings. The van der Waals surface area contributed by atoms with Crippen LogP contribution in [0, 0.1) is 28.6 Å². The highest BCUT2D eigenvalue weighted by molar-refractivity contribution is 5.97. The van der Waals surface area contributed by atoms with E-state index >= 15 is 0 Å². The molecule has 1 aromatic rings. The summed E-state index contributed by atoms with van der Waals surface area (Å²) in [7, 11) is 0. The van der Waals surface area contributed by atoms with Crippen molar-refractivity contribution < 1.29 is 4.79 Å². The van der Waals surface area contributed by atoms with Crippen molar-refractivity contribution in [2.24, 2.45) is 5.92 Å². The Morgan fingerprint density at radius 2 is 1.88 bits per heavy atom. The van der Waals surface area contributed by atoms with E-state index in [4.69, 9.17) is 5.26 Å². The molecule has 0 bridgehead atoms. The Hall–Kier alpha value is -2.63. The van der Waals surface area contributed by atoms with Crippen molar-refractivity contribution in [3.63, 3.8) is 0 Å². The molecule has 2 unspecified atom stereocenters.